The molecule has 0 bridgehead atoms. The van der Waals surface area contributed by atoms with E-state index in [1.54, 1.807) is 36.9 Å². The van der Waals surface area contributed by atoms with E-state index >= 15 is 8.78 Å². The molecule has 4 fully saturated rings. The Bertz CT molecular complexity index is 2600. The van der Waals surface area contributed by atoms with Crippen molar-refractivity contribution in [2.24, 2.45) is 5.92 Å². The smallest absolute Gasteiger partial charge is 0.328 e. The summed E-state index contributed by atoms with van der Waals surface area (Å²) in [7, 11) is 0. The first-order valence-electron chi connectivity index (χ1n) is 20.6. The van der Waals surface area contributed by atoms with Gasteiger partial charge in [-0.3, -0.25) is 34.2 Å². The van der Waals surface area contributed by atoms with Gasteiger partial charge in [-0.15, -0.1) is 0 Å². The minimum absolute atomic E-state index is 0.0403. The molecular weight excluding hydrogens is 789 g/mol. The summed E-state index contributed by atoms with van der Waals surface area (Å²) in [6.45, 7) is 6.64. The lowest BCUT2D eigenvalue weighted by molar-refractivity contribution is -0.138. The van der Waals surface area contributed by atoms with Crippen LogP contribution >= 0.6 is 0 Å². The number of nitrogens with one attached hydrogen (secondary N) is 2. The standard InChI is InChI=1S/C43H45F2N11O5/c1-43(2,61)32-19-35-26(16-36(32)48-40(58)37-8-7-30-15-25(20-46)21-47-56(30)37)24-55(50-35)29-5-3-28(4-6-29)51-11-13-52(14-12-51)41(59)27-22-53(23-27)31-17-33(44)39(34(45)18-31)54-10-9-38(57)49-42(54)60/h7-8,15-19,21,24,27-29,61H,3-6,9-14,22-23H2,1-2H3,(H,48,58)(H,49,57,60)/t28-,29-. The van der Waals surface area contributed by atoms with Gasteiger partial charge >= 0.3 is 6.03 Å². The molecule has 0 spiro atoms. The number of urea groups is 1. The van der Waals surface area contributed by atoms with Crippen LogP contribution in [0.2, 0.25) is 0 Å². The molecule has 0 atom stereocenters. The number of fused-ring (bicyclic) bond motifs is 2. The highest BCUT2D eigenvalue weighted by Crippen LogP contribution is 2.37. The summed E-state index contributed by atoms with van der Waals surface area (Å²) in [5.74, 6) is -2.96. The first kappa shape index (κ1) is 40.0. The molecule has 3 aromatic heterocycles. The van der Waals surface area contributed by atoms with Gasteiger partial charge in [-0.05, 0) is 82.0 Å². The summed E-state index contributed by atoms with van der Waals surface area (Å²) in [5.41, 5.74) is 1.52. The van der Waals surface area contributed by atoms with Gasteiger partial charge in [-0.25, -0.2) is 18.1 Å². The van der Waals surface area contributed by atoms with Gasteiger partial charge in [0.05, 0.1) is 40.4 Å². The van der Waals surface area contributed by atoms with Crippen LogP contribution < -0.4 is 20.4 Å². The van der Waals surface area contributed by atoms with E-state index in [-0.39, 0.29) is 36.5 Å². The normalized spacial score (nSPS) is 20.5. The van der Waals surface area contributed by atoms with Crippen LogP contribution in [0.4, 0.5) is 30.6 Å². The molecule has 5 aromatic rings. The van der Waals surface area contributed by atoms with E-state index in [0.717, 1.165) is 61.2 Å². The van der Waals surface area contributed by atoms with Crippen molar-refractivity contribution in [2.75, 3.05) is 60.9 Å². The van der Waals surface area contributed by atoms with Crippen LogP contribution in [0.25, 0.3) is 16.4 Å². The molecule has 2 aromatic carbocycles. The number of piperazine rings is 1. The summed E-state index contributed by atoms with van der Waals surface area (Å²) in [6.07, 6.45) is 7.15. The molecule has 1 saturated carbocycles. The van der Waals surface area contributed by atoms with Gasteiger partial charge in [-0.2, -0.15) is 15.5 Å². The van der Waals surface area contributed by atoms with Crippen LogP contribution in [-0.2, 0) is 15.2 Å². The van der Waals surface area contributed by atoms with Gasteiger partial charge in [-0.1, -0.05) is 0 Å². The van der Waals surface area contributed by atoms with Crippen molar-refractivity contribution in [1.82, 2.24) is 34.5 Å². The third-order valence-electron chi connectivity index (χ3n) is 12.5. The van der Waals surface area contributed by atoms with Gasteiger partial charge in [0.1, 0.15) is 17.5 Å². The van der Waals surface area contributed by atoms with Crippen molar-refractivity contribution in [3.05, 3.63) is 83.3 Å². The zero-order valence-corrected chi connectivity index (χ0v) is 33.8. The molecule has 16 nitrogen and oxygen atoms in total. The second-order valence-electron chi connectivity index (χ2n) is 16.9. The van der Waals surface area contributed by atoms with Crippen molar-refractivity contribution in [2.45, 2.75) is 63.6 Å². The number of aliphatic hydroxyl groups is 1. The number of nitriles is 1. The Morgan fingerprint density at radius 2 is 1.66 bits per heavy atom. The average Bonchev–Trinajstić information content (AvgIpc) is 3.84. The summed E-state index contributed by atoms with van der Waals surface area (Å²) >= 11 is 0. The van der Waals surface area contributed by atoms with Gasteiger partial charge in [0.15, 0.2) is 11.6 Å². The second kappa shape index (κ2) is 15.5. The maximum atomic E-state index is 15.1. The van der Waals surface area contributed by atoms with Crippen LogP contribution in [0, 0.1) is 28.9 Å². The minimum atomic E-state index is -1.28. The number of hydrogen-bond donors (Lipinski definition) is 3. The summed E-state index contributed by atoms with van der Waals surface area (Å²) in [5, 5.41) is 35.4. The molecule has 0 radical (unpaired) electrons. The quantitative estimate of drug-likeness (QED) is 0.201. The Labute approximate surface area is 349 Å². The van der Waals surface area contributed by atoms with Gasteiger partial charge < -0.3 is 20.2 Å². The second-order valence-corrected chi connectivity index (χ2v) is 16.9. The first-order valence-corrected chi connectivity index (χ1v) is 20.6. The Balaban J connectivity index is 0.778. The monoisotopic (exact) mass is 833 g/mol. The highest BCUT2D eigenvalue weighted by Gasteiger charge is 2.39. The third-order valence-corrected chi connectivity index (χ3v) is 12.5. The van der Waals surface area contributed by atoms with E-state index in [9.17, 15) is 29.5 Å². The number of halogens is 2. The topological polar surface area (TPSA) is 184 Å². The van der Waals surface area contributed by atoms with Crippen molar-refractivity contribution in [1.29, 1.82) is 5.26 Å². The predicted octanol–water partition coefficient (Wildman–Crippen LogP) is 4.52. The minimum Gasteiger partial charge on any atom is -0.386 e. The number of imide groups is 1. The van der Waals surface area contributed by atoms with Gasteiger partial charge in [0.2, 0.25) is 11.8 Å². The van der Waals surface area contributed by atoms with E-state index in [2.05, 4.69) is 26.7 Å². The van der Waals surface area contributed by atoms with E-state index in [4.69, 9.17) is 5.10 Å². The Morgan fingerprint density at radius 3 is 2.33 bits per heavy atom. The van der Waals surface area contributed by atoms with E-state index in [1.165, 1.54) is 10.7 Å². The lowest BCUT2D eigenvalue weighted by Gasteiger charge is -2.45. The number of hydrogen-bond acceptors (Lipinski definition) is 10. The zero-order valence-electron chi connectivity index (χ0n) is 33.8. The van der Waals surface area contributed by atoms with Crippen LogP contribution in [0.3, 0.4) is 0 Å². The number of carbonyl (C=O) groups excluding carboxylic acids is 4. The first-order chi connectivity index (χ1) is 29.2. The van der Waals surface area contributed by atoms with Crippen molar-refractivity contribution < 1.29 is 33.1 Å². The fourth-order valence-corrected chi connectivity index (χ4v) is 9.18. The molecule has 5 amide bonds. The number of rotatable bonds is 8. The summed E-state index contributed by atoms with van der Waals surface area (Å²) in [4.78, 5) is 57.6. The predicted molar refractivity (Wildman–Crippen MR) is 220 cm³/mol. The number of aromatic nitrogens is 4. The molecule has 3 aliphatic heterocycles. The number of benzene rings is 2. The summed E-state index contributed by atoms with van der Waals surface area (Å²) < 4.78 is 33.6. The van der Waals surface area contributed by atoms with Crippen molar-refractivity contribution >= 4 is 57.2 Å². The molecule has 18 heteroatoms. The Morgan fingerprint density at radius 1 is 0.951 bits per heavy atom. The third kappa shape index (κ3) is 7.63. The number of amides is 5. The zero-order chi connectivity index (χ0) is 42.7. The average molecular weight is 834 g/mol. The fraction of sp³-hybridized carbons (Fsp3) is 0.419. The molecule has 1 aliphatic carbocycles. The highest BCUT2D eigenvalue weighted by molar-refractivity contribution is 6.06. The lowest BCUT2D eigenvalue weighted by atomic mass is 9.89. The van der Waals surface area contributed by atoms with Crippen LogP contribution in [0.15, 0.2) is 54.9 Å². The maximum Gasteiger partial charge on any atom is 0.328 e. The number of carbonyl (C=O) groups is 4. The summed E-state index contributed by atoms with van der Waals surface area (Å²) in [6, 6.07) is 12.8. The molecule has 9 rings (SSSR count). The van der Waals surface area contributed by atoms with E-state index in [0.29, 0.717) is 65.8 Å². The largest absolute Gasteiger partial charge is 0.386 e. The molecule has 4 aliphatic rings. The Hall–Kier alpha value is -6.45. The van der Waals surface area contributed by atoms with E-state index in [1.807, 2.05) is 27.9 Å². The molecule has 316 valence electrons. The van der Waals surface area contributed by atoms with Crippen molar-refractivity contribution in [3.63, 3.8) is 0 Å². The molecule has 3 N–H and O–H groups in total. The van der Waals surface area contributed by atoms with Gasteiger partial charge in [0, 0.05) is 86.8 Å². The molecule has 3 saturated heterocycles. The van der Waals surface area contributed by atoms with Gasteiger partial charge in [0.25, 0.3) is 5.91 Å². The maximum absolute atomic E-state index is 15.1. The SMILES string of the molecule is CC(C)(O)c1cc2nn([C@H]3CC[C@H](N4CCN(C(=O)C5CN(c6cc(F)c(N7CCC(=O)NC7=O)c(F)c6)C5)CC4)CC3)cc2cc1NC(=O)c1ccc2cc(C#N)cnn12. The molecule has 6 heterocycles. The van der Waals surface area contributed by atoms with E-state index < -0.39 is 40.8 Å². The molecular formula is C43H45F2N11O5. The number of nitrogens with zero attached hydrogens (tertiary/aromatic N) is 9. The van der Waals surface area contributed by atoms with Crippen molar-refractivity contribution in [3.8, 4) is 6.07 Å². The van der Waals surface area contributed by atoms with Crippen LogP contribution in [0.5, 0.6) is 0 Å². The number of anilines is 3. The van der Waals surface area contributed by atoms with Crippen LogP contribution in [-0.4, -0.2) is 110 Å². The van der Waals surface area contributed by atoms with Crippen LogP contribution in [0.1, 0.15) is 73.6 Å². The fourth-order valence-electron chi connectivity index (χ4n) is 9.18. The highest BCUT2D eigenvalue weighted by atomic mass is 19.1. The molecule has 0 unspecified atom stereocenters. The lowest BCUT2D eigenvalue weighted by Crippen LogP contribution is -2.59. The Kier molecular flexibility index (Phi) is 10.2. The molecule has 61 heavy (non-hydrogen) atoms.